The molecule has 2 N–H and O–H groups in total. The first-order valence-corrected chi connectivity index (χ1v) is 6.57. The van der Waals surface area contributed by atoms with Gasteiger partial charge in [0.15, 0.2) is 0 Å². The first-order valence-electron chi connectivity index (χ1n) is 6.57. The third-order valence-electron chi connectivity index (χ3n) is 3.16. The van der Waals surface area contributed by atoms with Crippen molar-refractivity contribution in [3.8, 4) is 0 Å². The van der Waals surface area contributed by atoms with E-state index in [0.717, 1.165) is 10.9 Å². The number of amides is 1. The molecule has 1 amide bonds. The van der Waals surface area contributed by atoms with E-state index >= 15 is 0 Å². The molecule has 0 saturated heterocycles. The third kappa shape index (κ3) is 2.67. The van der Waals surface area contributed by atoms with E-state index in [1.165, 1.54) is 0 Å². The van der Waals surface area contributed by atoms with Gasteiger partial charge in [0.2, 0.25) is 0 Å². The highest BCUT2D eigenvalue weighted by molar-refractivity contribution is 6.08. The number of nitrogens with zero attached hydrogens (tertiary/aromatic N) is 2. The summed E-state index contributed by atoms with van der Waals surface area (Å²) in [7, 11) is 1.76. The Morgan fingerprint density at radius 3 is 2.76 bits per heavy atom. The quantitative estimate of drug-likeness (QED) is 0.773. The summed E-state index contributed by atoms with van der Waals surface area (Å²) in [5, 5.41) is 6.79. The molecule has 1 aromatic carbocycles. The van der Waals surface area contributed by atoms with Crippen LogP contribution in [0.3, 0.4) is 0 Å². The Morgan fingerprint density at radius 2 is 1.90 bits per heavy atom. The Hall–Kier alpha value is -2.95. The molecule has 0 atom stereocenters. The van der Waals surface area contributed by atoms with Gasteiger partial charge in [0.05, 0.1) is 11.2 Å². The molecule has 0 unspecified atom stereocenters. The number of fused-ring (bicyclic) bond motifs is 1. The predicted molar refractivity (Wildman–Crippen MR) is 83.5 cm³/mol. The first kappa shape index (κ1) is 13.1. The summed E-state index contributed by atoms with van der Waals surface area (Å²) in [5.74, 6) is 0.464. The summed E-state index contributed by atoms with van der Waals surface area (Å²) < 4.78 is 0. The van der Waals surface area contributed by atoms with E-state index < -0.39 is 0 Å². The maximum atomic E-state index is 12.3. The van der Waals surface area contributed by atoms with Gasteiger partial charge in [-0.2, -0.15) is 0 Å². The van der Waals surface area contributed by atoms with Gasteiger partial charge in [0.25, 0.3) is 5.91 Å². The molecule has 3 aromatic rings. The number of nitrogens with one attached hydrogen (secondary N) is 2. The molecule has 0 aliphatic heterocycles. The number of carbonyl (C=O) groups excluding carboxylic acids is 1. The monoisotopic (exact) mass is 278 g/mol. The van der Waals surface area contributed by atoms with Crippen molar-refractivity contribution >= 4 is 28.3 Å². The lowest BCUT2D eigenvalue weighted by Crippen LogP contribution is -2.13. The zero-order chi connectivity index (χ0) is 14.7. The molecule has 21 heavy (non-hydrogen) atoms. The first-order chi connectivity index (χ1) is 10.3. The highest BCUT2D eigenvalue weighted by Crippen LogP contribution is 2.21. The smallest absolute Gasteiger partial charge is 0.255 e. The molecule has 0 radical (unpaired) electrons. The summed E-state index contributed by atoms with van der Waals surface area (Å²) in [4.78, 5) is 20.7. The van der Waals surface area contributed by atoms with E-state index in [0.29, 0.717) is 17.1 Å². The van der Waals surface area contributed by atoms with Gasteiger partial charge in [-0.3, -0.25) is 9.78 Å². The van der Waals surface area contributed by atoms with E-state index in [1.807, 2.05) is 30.3 Å². The fourth-order valence-corrected chi connectivity index (χ4v) is 2.11. The highest BCUT2D eigenvalue weighted by atomic mass is 16.1. The Balaban J connectivity index is 1.93. The normalized spacial score (nSPS) is 10.3. The number of hydrogen-bond donors (Lipinski definition) is 2. The molecule has 104 valence electrons. The Kier molecular flexibility index (Phi) is 3.47. The van der Waals surface area contributed by atoms with Crippen molar-refractivity contribution in [1.29, 1.82) is 0 Å². The van der Waals surface area contributed by atoms with Crippen LogP contribution in [0.5, 0.6) is 0 Å². The molecule has 5 nitrogen and oxygen atoms in total. The molecule has 2 aromatic heterocycles. The van der Waals surface area contributed by atoms with Gasteiger partial charge >= 0.3 is 0 Å². The number of rotatable bonds is 3. The minimum absolute atomic E-state index is 0.188. The zero-order valence-electron chi connectivity index (χ0n) is 11.5. The van der Waals surface area contributed by atoms with Crippen LogP contribution >= 0.6 is 0 Å². The molecule has 2 heterocycles. The lowest BCUT2D eigenvalue weighted by atomic mass is 10.2. The Morgan fingerprint density at radius 1 is 1.05 bits per heavy atom. The minimum atomic E-state index is -0.188. The predicted octanol–water partition coefficient (Wildman–Crippen LogP) is 2.92. The van der Waals surface area contributed by atoms with E-state index in [4.69, 9.17) is 0 Å². The van der Waals surface area contributed by atoms with Crippen LogP contribution in [0.15, 0.2) is 54.9 Å². The Labute approximate surface area is 122 Å². The van der Waals surface area contributed by atoms with Gasteiger partial charge in [-0.25, -0.2) is 4.98 Å². The number of para-hydroxylation sites is 1. The van der Waals surface area contributed by atoms with Crippen LogP contribution < -0.4 is 10.6 Å². The van der Waals surface area contributed by atoms with Crippen LogP contribution in [-0.2, 0) is 0 Å². The van der Waals surface area contributed by atoms with Gasteiger partial charge in [-0.1, -0.05) is 18.2 Å². The Bertz CT molecular complexity index is 796. The standard InChI is InChI=1S/C16H14N4O/c1-17-14-10-12(7-9-18-14)16(21)20-13-6-2-4-11-5-3-8-19-15(11)13/h2-10H,1H3,(H,17,18)(H,20,21). The van der Waals surface area contributed by atoms with Crippen molar-refractivity contribution in [1.82, 2.24) is 9.97 Å². The minimum Gasteiger partial charge on any atom is -0.373 e. The number of benzene rings is 1. The van der Waals surface area contributed by atoms with Crippen molar-refractivity contribution in [2.24, 2.45) is 0 Å². The summed E-state index contributed by atoms with van der Waals surface area (Å²) in [6.07, 6.45) is 3.31. The summed E-state index contributed by atoms with van der Waals surface area (Å²) in [5.41, 5.74) is 2.01. The van der Waals surface area contributed by atoms with Crippen LogP contribution in [0.2, 0.25) is 0 Å². The van der Waals surface area contributed by atoms with E-state index in [2.05, 4.69) is 20.6 Å². The number of aromatic nitrogens is 2. The molecule has 5 heteroatoms. The van der Waals surface area contributed by atoms with Gasteiger partial charge in [-0.15, -0.1) is 0 Å². The van der Waals surface area contributed by atoms with Crippen molar-refractivity contribution in [3.63, 3.8) is 0 Å². The second-order valence-corrected chi connectivity index (χ2v) is 4.51. The van der Waals surface area contributed by atoms with Gasteiger partial charge in [0.1, 0.15) is 5.82 Å². The van der Waals surface area contributed by atoms with Crippen molar-refractivity contribution in [2.75, 3.05) is 17.7 Å². The van der Waals surface area contributed by atoms with Crippen LogP contribution in [0, 0.1) is 0 Å². The number of carbonyl (C=O) groups is 1. The maximum Gasteiger partial charge on any atom is 0.255 e. The molecule has 0 aliphatic carbocycles. The summed E-state index contributed by atoms with van der Waals surface area (Å²) >= 11 is 0. The van der Waals surface area contributed by atoms with Crippen molar-refractivity contribution in [3.05, 3.63) is 60.4 Å². The lowest BCUT2D eigenvalue weighted by molar-refractivity contribution is 0.102. The molecule has 0 saturated carbocycles. The number of anilines is 2. The van der Waals surface area contributed by atoms with Crippen LogP contribution in [0.1, 0.15) is 10.4 Å². The second kappa shape index (κ2) is 5.58. The van der Waals surface area contributed by atoms with E-state index in [9.17, 15) is 4.79 Å². The molecule has 0 fully saturated rings. The summed E-state index contributed by atoms with van der Waals surface area (Å²) in [6, 6.07) is 12.9. The lowest BCUT2D eigenvalue weighted by Gasteiger charge is -2.08. The molecule has 3 rings (SSSR count). The van der Waals surface area contributed by atoms with E-state index in [1.54, 1.807) is 31.6 Å². The van der Waals surface area contributed by atoms with Crippen LogP contribution in [0.25, 0.3) is 10.9 Å². The zero-order valence-corrected chi connectivity index (χ0v) is 11.5. The van der Waals surface area contributed by atoms with Crippen LogP contribution in [0.4, 0.5) is 11.5 Å². The number of hydrogen-bond acceptors (Lipinski definition) is 4. The molecule has 0 aliphatic rings. The fourth-order valence-electron chi connectivity index (χ4n) is 2.11. The molecular weight excluding hydrogens is 264 g/mol. The largest absolute Gasteiger partial charge is 0.373 e. The molecule has 0 spiro atoms. The van der Waals surface area contributed by atoms with Crippen molar-refractivity contribution in [2.45, 2.75) is 0 Å². The topological polar surface area (TPSA) is 66.9 Å². The SMILES string of the molecule is CNc1cc(C(=O)Nc2cccc3cccnc23)ccn1. The second-order valence-electron chi connectivity index (χ2n) is 4.51. The average molecular weight is 278 g/mol. The summed E-state index contributed by atoms with van der Waals surface area (Å²) in [6.45, 7) is 0. The van der Waals surface area contributed by atoms with Gasteiger partial charge < -0.3 is 10.6 Å². The molecular formula is C16H14N4O. The van der Waals surface area contributed by atoms with Crippen molar-refractivity contribution < 1.29 is 4.79 Å². The molecule has 0 bridgehead atoms. The van der Waals surface area contributed by atoms with E-state index in [-0.39, 0.29) is 5.91 Å². The maximum absolute atomic E-state index is 12.3. The highest BCUT2D eigenvalue weighted by Gasteiger charge is 2.09. The average Bonchev–Trinajstić information content (AvgIpc) is 2.55. The van der Waals surface area contributed by atoms with Gasteiger partial charge in [-0.05, 0) is 24.3 Å². The van der Waals surface area contributed by atoms with Gasteiger partial charge in [0, 0.05) is 30.4 Å². The van der Waals surface area contributed by atoms with Crippen LogP contribution in [-0.4, -0.2) is 22.9 Å². The third-order valence-corrected chi connectivity index (χ3v) is 3.16. The number of pyridine rings is 2. The fraction of sp³-hybridized carbons (Fsp3) is 0.0625.